The van der Waals surface area contributed by atoms with Gasteiger partial charge < -0.3 is 9.73 Å². The van der Waals surface area contributed by atoms with E-state index in [1.807, 2.05) is 30.3 Å². The van der Waals surface area contributed by atoms with Gasteiger partial charge in [0.2, 0.25) is 5.76 Å². The molecule has 1 amide bonds. The minimum atomic E-state index is -0.492. The van der Waals surface area contributed by atoms with Crippen molar-refractivity contribution < 1.29 is 9.21 Å². The number of nitriles is 1. The van der Waals surface area contributed by atoms with Crippen LogP contribution in [-0.2, 0) is 0 Å². The highest BCUT2D eigenvalue weighted by molar-refractivity contribution is 9.10. The van der Waals surface area contributed by atoms with Crippen LogP contribution >= 0.6 is 27.5 Å². The lowest BCUT2D eigenvalue weighted by atomic mass is 10.0. The van der Waals surface area contributed by atoms with E-state index in [2.05, 4.69) is 26.2 Å². The van der Waals surface area contributed by atoms with Crippen molar-refractivity contribution in [2.45, 2.75) is 6.04 Å². The first kappa shape index (κ1) is 17.2. The highest BCUT2D eigenvalue weighted by Gasteiger charge is 2.21. The molecule has 0 aliphatic rings. The van der Waals surface area contributed by atoms with E-state index >= 15 is 0 Å². The second-order valence-corrected chi connectivity index (χ2v) is 6.49. The minimum Gasteiger partial charge on any atom is -0.440 e. The predicted molar refractivity (Wildman–Crippen MR) is 96.1 cm³/mol. The number of carbonyl (C=O) groups excluding carboxylic acids is 1. The van der Waals surface area contributed by atoms with Gasteiger partial charge in [0.25, 0.3) is 5.91 Å². The Morgan fingerprint density at radius 3 is 2.56 bits per heavy atom. The SMILES string of the molecule is N#Cc1ccc(C(=O)N[C@@H](c2ccc(Cl)cc2)c2ccc(Br)cn2)o1. The van der Waals surface area contributed by atoms with Gasteiger partial charge in [0.1, 0.15) is 6.07 Å². The van der Waals surface area contributed by atoms with Crippen molar-refractivity contribution in [3.8, 4) is 6.07 Å². The van der Waals surface area contributed by atoms with Crippen LogP contribution in [0.25, 0.3) is 0 Å². The van der Waals surface area contributed by atoms with Gasteiger partial charge in [0, 0.05) is 15.7 Å². The van der Waals surface area contributed by atoms with Crippen LogP contribution in [0.2, 0.25) is 5.02 Å². The quantitative estimate of drug-likeness (QED) is 0.680. The summed E-state index contributed by atoms with van der Waals surface area (Å²) in [4.78, 5) is 16.9. The van der Waals surface area contributed by atoms with Crippen molar-refractivity contribution in [1.82, 2.24) is 10.3 Å². The monoisotopic (exact) mass is 415 g/mol. The Morgan fingerprint density at radius 2 is 1.96 bits per heavy atom. The number of carbonyl (C=O) groups is 1. The largest absolute Gasteiger partial charge is 0.440 e. The number of amides is 1. The molecule has 0 spiro atoms. The molecule has 5 nitrogen and oxygen atoms in total. The smallest absolute Gasteiger partial charge is 0.287 e. The number of halogens is 2. The van der Waals surface area contributed by atoms with Crippen molar-refractivity contribution in [2.24, 2.45) is 0 Å². The van der Waals surface area contributed by atoms with Gasteiger partial charge in [-0.25, -0.2) is 0 Å². The van der Waals surface area contributed by atoms with Gasteiger partial charge in [-0.05, 0) is 57.9 Å². The van der Waals surface area contributed by atoms with Crippen molar-refractivity contribution in [1.29, 1.82) is 5.26 Å². The standard InChI is InChI=1S/C18H11BrClN3O2/c19-12-3-7-15(22-10-12)17(11-1-4-13(20)5-2-11)23-18(24)16-8-6-14(9-21)25-16/h1-8,10,17H,(H,23,24)/t17-/m0/s1. The van der Waals surface area contributed by atoms with E-state index in [1.54, 1.807) is 18.3 Å². The predicted octanol–water partition coefficient (Wildman–Crippen LogP) is 4.48. The van der Waals surface area contributed by atoms with Gasteiger partial charge >= 0.3 is 0 Å². The first-order valence-corrected chi connectivity index (χ1v) is 8.41. The number of hydrogen-bond donors (Lipinski definition) is 1. The molecule has 0 aliphatic heterocycles. The van der Waals surface area contributed by atoms with E-state index in [9.17, 15) is 4.79 Å². The molecule has 2 aromatic heterocycles. The summed E-state index contributed by atoms with van der Waals surface area (Å²) in [6.45, 7) is 0. The summed E-state index contributed by atoms with van der Waals surface area (Å²) >= 11 is 9.29. The third-order valence-corrected chi connectivity index (χ3v) is 4.19. The van der Waals surface area contributed by atoms with Crippen LogP contribution in [0, 0.1) is 11.3 Å². The third-order valence-electron chi connectivity index (χ3n) is 3.46. The average molecular weight is 417 g/mol. The maximum atomic E-state index is 12.5. The molecule has 0 saturated carbocycles. The maximum absolute atomic E-state index is 12.5. The van der Waals surface area contributed by atoms with Crippen LogP contribution < -0.4 is 5.32 Å². The number of nitrogens with one attached hydrogen (secondary N) is 1. The molecule has 2 heterocycles. The second-order valence-electron chi connectivity index (χ2n) is 5.14. The van der Waals surface area contributed by atoms with E-state index in [-0.39, 0.29) is 11.5 Å². The third kappa shape index (κ3) is 4.08. The summed E-state index contributed by atoms with van der Waals surface area (Å²) in [5.41, 5.74) is 1.48. The Kier molecular flexibility index (Phi) is 5.17. The second kappa shape index (κ2) is 7.51. The number of benzene rings is 1. The zero-order valence-electron chi connectivity index (χ0n) is 12.7. The molecule has 0 fully saturated rings. The number of nitrogens with zero attached hydrogens (tertiary/aromatic N) is 2. The lowest BCUT2D eigenvalue weighted by molar-refractivity contribution is 0.0914. The average Bonchev–Trinajstić information content (AvgIpc) is 3.11. The highest BCUT2D eigenvalue weighted by Crippen LogP contribution is 2.24. The molecule has 3 aromatic rings. The molecule has 0 bridgehead atoms. The number of hydrogen-bond acceptors (Lipinski definition) is 4. The van der Waals surface area contributed by atoms with Gasteiger partial charge in [-0.3, -0.25) is 9.78 Å². The Morgan fingerprint density at radius 1 is 1.20 bits per heavy atom. The summed E-state index contributed by atoms with van der Waals surface area (Å²) < 4.78 is 6.02. The van der Waals surface area contributed by atoms with E-state index in [0.29, 0.717) is 10.7 Å². The Bertz CT molecular complexity index is 885. The van der Waals surface area contributed by atoms with Crippen molar-refractivity contribution in [3.05, 3.63) is 87.0 Å². The fourth-order valence-electron chi connectivity index (χ4n) is 2.26. The van der Waals surface area contributed by atoms with Crippen molar-refractivity contribution in [2.75, 3.05) is 0 Å². The molecule has 0 saturated heterocycles. The number of pyridine rings is 1. The summed E-state index contributed by atoms with van der Waals surface area (Å²) in [5, 5.41) is 12.3. The van der Waals surface area contributed by atoms with Crippen molar-refractivity contribution in [3.63, 3.8) is 0 Å². The molecule has 1 atom stereocenters. The van der Waals surface area contributed by atoms with Crippen LogP contribution in [0.1, 0.15) is 33.6 Å². The van der Waals surface area contributed by atoms with E-state index in [1.165, 1.54) is 12.1 Å². The Balaban J connectivity index is 1.93. The first-order valence-electron chi connectivity index (χ1n) is 7.24. The van der Waals surface area contributed by atoms with E-state index < -0.39 is 11.9 Å². The molecule has 0 unspecified atom stereocenters. The summed E-state index contributed by atoms with van der Waals surface area (Å²) in [7, 11) is 0. The van der Waals surface area contributed by atoms with Gasteiger partial charge in [0.15, 0.2) is 5.76 Å². The summed E-state index contributed by atoms with van der Waals surface area (Å²) in [5.74, 6) is -0.297. The molecule has 0 aliphatic carbocycles. The fourth-order valence-corrected chi connectivity index (χ4v) is 2.62. The maximum Gasteiger partial charge on any atom is 0.287 e. The van der Waals surface area contributed by atoms with Gasteiger partial charge in [-0.2, -0.15) is 5.26 Å². The molecule has 25 heavy (non-hydrogen) atoms. The highest BCUT2D eigenvalue weighted by atomic mass is 79.9. The van der Waals surface area contributed by atoms with Crippen LogP contribution in [0.5, 0.6) is 0 Å². The van der Waals surface area contributed by atoms with Crippen molar-refractivity contribution >= 4 is 33.4 Å². The van der Waals surface area contributed by atoms with E-state index in [4.69, 9.17) is 21.3 Å². The molecule has 0 radical (unpaired) electrons. The molecule has 1 N–H and O–H groups in total. The Hall–Kier alpha value is -2.62. The zero-order valence-corrected chi connectivity index (χ0v) is 15.1. The summed E-state index contributed by atoms with van der Waals surface area (Å²) in [6, 6.07) is 15.1. The van der Waals surface area contributed by atoms with Crippen LogP contribution in [-0.4, -0.2) is 10.9 Å². The topological polar surface area (TPSA) is 78.9 Å². The number of rotatable bonds is 4. The Labute approximate surface area is 157 Å². The molecular formula is C18H11BrClN3O2. The number of aromatic nitrogens is 1. The van der Waals surface area contributed by atoms with Crippen LogP contribution in [0.3, 0.4) is 0 Å². The lowest BCUT2D eigenvalue weighted by Gasteiger charge is -2.18. The summed E-state index contributed by atoms with van der Waals surface area (Å²) in [6.07, 6.45) is 1.66. The minimum absolute atomic E-state index is 0.0626. The van der Waals surface area contributed by atoms with Gasteiger partial charge in [0.05, 0.1) is 11.7 Å². The molecule has 124 valence electrons. The zero-order chi connectivity index (χ0) is 17.8. The first-order chi connectivity index (χ1) is 12.1. The van der Waals surface area contributed by atoms with Crippen LogP contribution in [0.15, 0.2) is 63.6 Å². The lowest BCUT2D eigenvalue weighted by Crippen LogP contribution is -2.29. The molecule has 3 rings (SSSR count). The fraction of sp³-hybridized carbons (Fsp3) is 0.0556. The van der Waals surface area contributed by atoms with Gasteiger partial charge in [-0.15, -0.1) is 0 Å². The number of furan rings is 1. The van der Waals surface area contributed by atoms with Crippen LogP contribution in [0.4, 0.5) is 0 Å². The molecular weight excluding hydrogens is 406 g/mol. The van der Waals surface area contributed by atoms with Gasteiger partial charge in [-0.1, -0.05) is 23.7 Å². The molecule has 7 heteroatoms. The van der Waals surface area contributed by atoms with E-state index in [0.717, 1.165) is 10.0 Å². The molecule has 1 aromatic carbocycles. The normalized spacial score (nSPS) is 11.6.